The van der Waals surface area contributed by atoms with Crippen molar-refractivity contribution in [3.05, 3.63) is 35.1 Å². The van der Waals surface area contributed by atoms with Gasteiger partial charge in [-0.3, -0.25) is 0 Å². The van der Waals surface area contributed by atoms with Crippen LogP contribution >= 0.6 is 0 Å². The van der Waals surface area contributed by atoms with Gasteiger partial charge in [0.05, 0.1) is 0 Å². The summed E-state index contributed by atoms with van der Waals surface area (Å²) in [6.07, 6.45) is -0.966. The van der Waals surface area contributed by atoms with Crippen LogP contribution in [-0.2, 0) is 4.74 Å². The van der Waals surface area contributed by atoms with Gasteiger partial charge in [-0.15, -0.1) is 0 Å². The topological polar surface area (TPSA) is 21.3 Å². The highest BCUT2D eigenvalue weighted by Gasteiger charge is 2.13. The van der Waals surface area contributed by atoms with Crippen molar-refractivity contribution in [3.8, 4) is 0 Å². The van der Waals surface area contributed by atoms with Crippen molar-refractivity contribution in [1.82, 2.24) is 5.32 Å². The maximum absolute atomic E-state index is 13.4. The number of ether oxygens (including phenoxy) is 1. The maximum atomic E-state index is 13.4. The summed E-state index contributed by atoms with van der Waals surface area (Å²) < 4.78 is 42.4. The third kappa shape index (κ3) is 6.39. The van der Waals surface area contributed by atoms with E-state index in [2.05, 4.69) is 5.32 Å². The van der Waals surface area contributed by atoms with Crippen LogP contribution in [0.5, 0.6) is 0 Å². The molecule has 1 rings (SSSR count). The Bertz CT molecular complexity index is 378. The van der Waals surface area contributed by atoms with Gasteiger partial charge in [0.2, 0.25) is 0 Å². The summed E-state index contributed by atoms with van der Waals surface area (Å²) in [6, 6.07) is 4.77. The Morgan fingerprint density at radius 2 is 2.00 bits per heavy atom. The molecule has 114 valence electrons. The lowest BCUT2D eigenvalue weighted by atomic mass is 10.0. The van der Waals surface area contributed by atoms with Gasteiger partial charge in [0, 0.05) is 12.6 Å². The largest absolute Gasteiger partial charge is 0.375 e. The molecule has 0 aliphatic heterocycles. The number of aryl methyl sites for hydroxylation is 1. The molecule has 5 heteroatoms. The second-order valence-electron chi connectivity index (χ2n) is 4.82. The van der Waals surface area contributed by atoms with Crippen molar-refractivity contribution in [2.75, 3.05) is 19.8 Å². The summed E-state index contributed by atoms with van der Waals surface area (Å²) in [7, 11) is 0. The molecule has 2 nitrogen and oxygen atoms in total. The molecule has 0 fully saturated rings. The lowest BCUT2D eigenvalue weighted by molar-refractivity contribution is 0.0143. The molecule has 1 aromatic carbocycles. The fourth-order valence-electron chi connectivity index (χ4n) is 2.04. The molecule has 0 amide bonds. The van der Waals surface area contributed by atoms with Gasteiger partial charge in [0.25, 0.3) is 6.43 Å². The van der Waals surface area contributed by atoms with Crippen LogP contribution in [0.3, 0.4) is 0 Å². The lowest BCUT2D eigenvalue weighted by Gasteiger charge is -2.19. The monoisotopic (exact) mass is 289 g/mol. The van der Waals surface area contributed by atoms with E-state index < -0.39 is 13.0 Å². The Morgan fingerprint density at radius 3 is 2.60 bits per heavy atom. The number of alkyl halides is 2. The van der Waals surface area contributed by atoms with Gasteiger partial charge in [-0.2, -0.15) is 0 Å². The van der Waals surface area contributed by atoms with Crippen LogP contribution in [-0.4, -0.2) is 26.2 Å². The molecule has 0 bridgehead atoms. The van der Waals surface area contributed by atoms with Crippen LogP contribution in [0.1, 0.15) is 36.9 Å². The molecule has 0 saturated heterocycles. The van der Waals surface area contributed by atoms with Crippen molar-refractivity contribution in [3.63, 3.8) is 0 Å². The molecular formula is C15H22F3NO. The van der Waals surface area contributed by atoms with E-state index in [1.54, 1.807) is 0 Å². The third-order valence-electron chi connectivity index (χ3n) is 2.90. The molecule has 1 atom stereocenters. The number of benzene rings is 1. The van der Waals surface area contributed by atoms with Gasteiger partial charge in [0.1, 0.15) is 12.4 Å². The second-order valence-corrected chi connectivity index (χ2v) is 4.82. The van der Waals surface area contributed by atoms with E-state index in [0.717, 1.165) is 24.1 Å². The van der Waals surface area contributed by atoms with E-state index in [1.807, 2.05) is 19.9 Å². The number of halogens is 3. The summed E-state index contributed by atoms with van der Waals surface area (Å²) in [5.74, 6) is -0.281. The van der Waals surface area contributed by atoms with Gasteiger partial charge in [0.15, 0.2) is 0 Å². The minimum Gasteiger partial charge on any atom is -0.375 e. The molecule has 0 spiro atoms. The summed E-state index contributed by atoms with van der Waals surface area (Å²) in [5, 5.41) is 3.29. The Kier molecular flexibility index (Phi) is 7.62. The molecule has 0 radical (unpaired) electrons. The number of nitrogens with one attached hydrogen (secondary N) is 1. The zero-order chi connectivity index (χ0) is 15.0. The molecule has 0 heterocycles. The van der Waals surface area contributed by atoms with Gasteiger partial charge < -0.3 is 10.1 Å². The SMILES string of the molecule is CCCNC(CCOCC(F)F)c1cc(C)cc(F)c1. The Labute approximate surface area is 118 Å². The van der Waals surface area contributed by atoms with Crippen LogP contribution in [0.2, 0.25) is 0 Å². The summed E-state index contributed by atoms with van der Waals surface area (Å²) in [5.41, 5.74) is 1.67. The first kappa shape index (κ1) is 17.0. The molecular weight excluding hydrogens is 267 g/mol. The normalized spacial score (nSPS) is 12.9. The zero-order valence-electron chi connectivity index (χ0n) is 12.0. The molecule has 1 N–H and O–H groups in total. The van der Waals surface area contributed by atoms with Gasteiger partial charge in [-0.25, -0.2) is 13.2 Å². The minimum atomic E-state index is -2.45. The smallest absolute Gasteiger partial charge is 0.261 e. The molecule has 0 aromatic heterocycles. The average Bonchev–Trinajstić information content (AvgIpc) is 2.36. The van der Waals surface area contributed by atoms with Crippen LogP contribution in [0.25, 0.3) is 0 Å². The first-order valence-corrected chi connectivity index (χ1v) is 6.89. The van der Waals surface area contributed by atoms with Gasteiger partial charge in [-0.1, -0.05) is 13.0 Å². The van der Waals surface area contributed by atoms with E-state index >= 15 is 0 Å². The minimum absolute atomic E-state index is 0.0815. The molecule has 0 aliphatic carbocycles. The highest BCUT2D eigenvalue weighted by molar-refractivity contribution is 5.26. The third-order valence-corrected chi connectivity index (χ3v) is 2.90. The van der Waals surface area contributed by atoms with Crippen LogP contribution in [0.4, 0.5) is 13.2 Å². The Balaban J connectivity index is 2.62. The van der Waals surface area contributed by atoms with Crippen LogP contribution in [0, 0.1) is 12.7 Å². The number of hydrogen-bond acceptors (Lipinski definition) is 2. The van der Waals surface area contributed by atoms with E-state index in [4.69, 9.17) is 4.74 Å². The van der Waals surface area contributed by atoms with E-state index in [-0.39, 0.29) is 18.5 Å². The predicted octanol–water partition coefficient (Wildman–Crippen LogP) is 3.85. The van der Waals surface area contributed by atoms with Gasteiger partial charge >= 0.3 is 0 Å². The van der Waals surface area contributed by atoms with Crippen LogP contribution < -0.4 is 5.32 Å². The summed E-state index contributed by atoms with van der Waals surface area (Å²) in [4.78, 5) is 0. The Morgan fingerprint density at radius 1 is 1.25 bits per heavy atom. The van der Waals surface area contributed by atoms with E-state index in [9.17, 15) is 13.2 Å². The Hall–Kier alpha value is -1.07. The molecule has 0 saturated carbocycles. The number of hydrogen-bond donors (Lipinski definition) is 1. The van der Waals surface area contributed by atoms with Crippen molar-refractivity contribution < 1.29 is 17.9 Å². The fourth-order valence-corrected chi connectivity index (χ4v) is 2.04. The average molecular weight is 289 g/mol. The fraction of sp³-hybridized carbons (Fsp3) is 0.600. The van der Waals surface area contributed by atoms with E-state index in [0.29, 0.717) is 6.42 Å². The van der Waals surface area contributed by atoms with Crippen molar-refractivity contribution in [2.24, 2.45) is 0 Å². The van der Waals surface area contributed by atoms with Gasteiger partial charge in [-0.05, 0) is 49.6 Å². The number of rotatable bonds is 9. The standard InChI is InChI=1S/C15H22F3NO/c1-3-5-19-14(4-6-20-10-15(17)18)12-7-11(2)8-13(16)9-12/h7-9,14-15,19H,3-6,10H2,1-2H3. The first-order chi connectivity index (χ1) is 9.52. The van der Waals surface area contributed by atoms with Crippen LogP contribution in [0.15, 0.2) is 18.2 Å². The molecule has 1 unspecified atom stereocenters. The maximum Gasteiger partial charge on any atom is 0.261 e. The molecule has 20 heavy (non-hydrogen) atoms. The zero-order valence-corrected chi connectivity index (χ0v) is 12.0. The molecule has 0 aliphatic rings. The summed E-state index contributed by atoms with van der Waals surface area (Å²) >= 11 is 0. The summed E-state index contributed by atoms with van der Waals surface area (Å²) in [6.45, 7) is 4.32. The van der Waals surface area contributed by atoms with Crippen molar-refractivity contribution in [1.29, 1.82) is 0 Å². The van der Waals surface area contributed by atoms with Crippen molar-refractivity contribution in [2.45, 2.75) is 39.2 Å². The van der Waals surface area contributed by atoms with E-state index in [1.165, 1.54) is 12.1 Å². The highest BCUT2D eigenvalue weighted by atomic mass is 19.3. The predicted molar refractivity (Wildman–Crippen MR) is 73.6 cm³/mol. The lowest BCUT2D eigenvalue weighted by Crippen LogP contribution is -2.24. The highest BCUT2D eigenvalue weighted by Crippen LogP contribution is 2.20. The second kappa shape index (κ2) is 8.97. The quantitative estimate of drug-likeness (QED) is 0.697. The first-order valence-electron chi connectivity index (χ1n) is 6.89. The molecule has 1 aromatic rings. The van der Waals surface area contributed by atoms with Crippen molar-refractivity contribution >= 4 is 0 Å².